The summed E-state index contributed by atoms with van der Waals surface area (Å²) in [6.45, 7) is 2.26. The Kier molecular flexibility index (Phi) is 2.69. The lowest BCUT2D eigenvalue weighted by atomic mass is 9.88. The summed E-state index contributed by atoms with van der Waals surface area (Å²) in [4.78, 5) is 7.77. The van der Waals surface area contributed by atoms with Crippen molar-refractivity contribution in [3.8, 4) is 5.75 Å². The van der Waals surface area contributed by atoms with Gasteiger partial charge in [-0.15, -0.1) is 0 Å². The molecule has 1 saturated heterocycles. The number of hydrogen-bond donors (Lipinski definition) is 2. The minimum atomic E-state index is 0.383. The number of aryl methyl sites for hydroxylation is 1. The molecule has 0 radical (unpaired) electrons. The largest absolute Gasteiger partial charge is 0.488 e. The zero-order chi connectivity index (χ0) is 12.7. The first-order valence-electron chi connectivity index (χ1n) is 7.25. The smallest absolute Gasteiger partial charge is 0.149 e. The number of nitrogens with one attached hydrogen (secondary N) is 2. The van der Waals surface area contributed by atoms with Gasteiger partial charge in [0.1, 0.15) is 17.5 Å². The van der Waals surface area contributed by atoms with Crippen molar-refractivity contribution in [2.75, 3.05) is 13.1 Å². The molecule has 4 heterocycles. The maximum atomic E-state index is 6.33. The van der Waals surface area contributed by atoms with E-state index in [-0.39, 0.29) is 0 Å². The first-order chi connectivity index (χ1) is 9.42. The highest BCUT2D eigenvalue weighted by atomic mass is 16.5. The Balaban J connectivity index is 1.65. The van der Waals surface area contributed by atoms with E-state index in [1.165, 1.54) is 18.5 Å². The van der Waals surface area contributed by atoms with Crippen molar-refractivity contribution < 1.29 is 4.74 Å². The van der Waals surface area contributed by atoms with Crippen molar-refractivity contribution in [1.82, 2.24) is 15.3 Å². The molecule has 0 saturated carbocycles. The van der Waals surface area contributed by atoms with E-state index in [9.17, 15) is 0 Å². The van der Waals surface area contributed by atoms with Gasteiger partial charge in [-0.3, -0.25) is 0 Å². The minimum absolute atomic E-state index is 0.383. The second-order valence-electron chi connectivity index (χ2n) is 5.61. The van der Waals surface area contributed by atoms with Crippen LogP contribution in [-0.4, -0.2) is 29.2 Å². The van der Waals surface area contributed by atoms with Crippen LogP contribution in [0.4, 0.5) is 0 Å². The molecule has 0 bridgehead atoms. The van der Waals surface area contributed by atoms with Crippen LogP contribution >= 0.6 is 0 Å². The van der Waals surface area contributed by atoms with E-state index in [4.69, 9.17) is 4.74 Å². The summed E-state index contributed by atoms with van der Waals surface area (Å²) < 4.78 is 6.33. The van der Waals surface area contributed by atoms with Gasteiger partial charge >= 0.3 is 0 Å². The summed E-state index contributed by atoms with van der Waals surface area (Å²) in [5.74, 6) is 1.76. The highest BCUT2D eigenvalue weighted by molar-refractivity contribution is 5.84. The SMILES string of the molecule is c1cnc2[nH]c3c(c2c1)OC(C1CCNCC1)CC3. The second kappa shape index (κ2) is 4.53. The molecule has 100 valence electrons. The number of piperidine rings is 1. The van der Waals surface area contributed by atoms with Crippen molar-refractivity contribution in [3.05, 3.63) is 24.0 Å². The van der Waals surface area contributed by atoms with Crippen LogP contribution in [0.1, 0.15) is 25.0 Å². The third-order valence-electron chi connectivity index (χ3n) is 4.45. The molecule has 2 N–H and O–H groups in total. The van der Waals surface area contributed by atoms with Gasteiger partial charge in [-0.1, -0.05) is 0 Å². The molecule has 0 amide bonds. The first kappa shape index (κ1) is 11.3. The Morgan fingerprint density at radius 3 is 3.00 bits per heavy atom. The fourth-order valence-corrected chi connectivity index (χ4v) is 3.41. The average Bonchev–Trinajstić information content (AvgIpc) is 2.86. The van der Waals surface area contributed by atoms with Gasteiger partial charge < -0.3 is 15.0 Å². The molecule has 4 heteroatoms. The molecule has 4 nitrogen and oxygen atoms in total. The van der Waals surface area contributed by atoms with Crippen molar-refractivity contribution in [3.63, 3.8) is 0 Å². The van der Waals surface area contributed by atoms with E-state index in [1.54, 1.807) is 0 Å². The molecule has 2 aliphatic rings. The highest BCUT2D eigenvalue weighted by Crippen LogP contribution is 2.37. The number of ether oxygens (including phenoxy) is 1. The lowest BCUT2D eigenvalue weighted by molar-refractivity contribution is 0.0931. The molecule has 1 atom stereocenters. The summed E-state index contributed by atoms with van der Waals surface area (Å²) in [5.41, 5.74) is 2.18. The van der Waals surface area contributed by atoms with E-state index in [0.717, 1.165) is 42.7 Å². The second-order valence-corrected chi connectivity index (χ2v) is 5.61. The quantitative estimate of drug-likeness (QED) is 0.824. The maximum absolute atomic E-state index is 6.33. The Morgan fingerprint density at radius 1 is 1.21 bits per heavy atom. The summed E-state index contributed by atoms with van der Waals surface area (Å²) in [5, 5.41) is 4.56. The molecule has 0 aromatic carbocycles. The normalized spacial score (nSPS) is 24.1. The molecule has 2 aromatic heterocycles. The molecule has 1 fully saturated rings. The van der Waals surface area contributed by atoms with Crippen LogP contribution < -0.4 is 10.1 Å². The summed E-state index contributed by atoms with van der Waals surface area (Å²) in [7, 11) is 0. The van der Waals surface area contributed by atoms with Crippen molar-refractivity contribution in [2.45, 2.75) is 31.8 Å². The molecule has 0 spiro atoms. The molecular formula is C15H19N3O. The number of H-pyrrole nitrogens is 1. The predicted octanol–water partition coefficient (Wildman–Crippen LogP) is 2.26. The summed E-state index contributed by atoms with van der Waals surface area (Å²) >= 11 is 0. The van der Waals surface area contributed by atoms with Gasteiger partial charge in [0.25, 0.3) is 0 Å². The van der Waals surface area contributed by atoms with E-state index in [2.05, 4.69) is 21.4 Å². The zero-order valence-corrected chi connectivity index (χ0v) is 11.0. The van der Waals surface area contributed by atoms with Crippen LogP contribution in [0.3, 0.4) is 0 Å². The number of rotatable bonds is 1. The van der Waals surface area contributed by atoms with E-state index >= 15 is 0 Å². The Bertz CT molecular complexity index is 586. The van der Waals surface area contributed by atoms with E-state index in [0.29, 0.717) is 12.0 Å². The van der Waals surface area contributed by atoms with Gasteiger partial charge in [0.2, 0.25) is 0 Å². The predicted molar refractivity (Wildman–Crippen MR) is 74.4 cm³/mol. The van der Waals surface area contributed by atoms with Crippen LogP contribution in [0.2, 0.25) is 0 Å². The molecule has 1 unspecified atom stereocenters. The number of hydrogen-bond acceptors (Lipinski definition) is 3. The van der Waals surface area contributed by atoms with Gasteiger partial charge in [-0.05, 0) is 56.8 Å². The Morgan fingerprint density at radius 2 is 2.11 bits per heavy atom. The molecular weight excluding hydrogens is 238 g/mol. The number of nitrogens with zero attached hydrogens (tertiary/aromatic N) is 1. The van der Waals surface area contributed by atoms with Gasteiger partial charge in [-0.2, -0.15) is 0 Å². The molecule has 2 aliphatic heterocycles. The van der Waals surface area contributed by atoms with Gasteiger partial charge in [0.05, 0.1) is 11.1 Å². The van der Waals surface area contributed by atoms with Gasteiger partial charge in [-0.25, -0.2) is 4.98 Å². The number of aromatic nitrogens is 2. The Labute approximate surface area is 112 Å². The fraction of sp³-hybridized carbons (Fsp3) is 0.533. The van der Waals surface area contributed by atoms with Crippen molar-refractivity contribution in [2.24, 2.45) is 5.92 Å². The molecule has 0 aliphatic carbocycles. The number of aromatic amines is 1. The lowest BCUT2D eigenvalue weighted by Gasteiger charge is -2.33. The van der Waals surface area contributed by atoms with Gasteiger partial charge in [0.15, 0.2) is 0 Å². The van der Waals surface area contributed by atoms with Crippen LogP contribution in [0.5, 0.6) is 5.75 Å². The third kappa shape index (κ3) is 1.91. The minimum Gasteiger partial charge on any atom is -0.488 e. The molecule has 2 aromatic rings. The standard InChI is InChI=1S/C15H19N3O/c1-2-11-14-12(18-15(11)17-7-1)3-4-13(19-14)10-5-8-16-9-6-10/h1-2,7,10,13,16H,3-6,8-9H2,(H,17,18). The maximum Gasteiger partial charge on any atom is 0.149 e. The number of pyridine rings is 1. The topological polar surface area (TPSA) is 49.9 Å². The highest BCUT2D eigenvalue weighted by Gasteiger charge is 2.30. The van der Waals surface area contributed by atoms with Gasteiger partial charge in [0, 0.05) is 6.20 Å². The zero-order valence-electron chi connectivity index (χ0n) is 11.0. The van der Waals surface area contributed by atoms with Crippen LogP contribution in [-0.2, 0) is 6.42 Å². The van der Waals surface area contributed by atoms with E-state index in [1.807, 2.05) is 12.3 Å². The summed E-state index contributed by atoms with van der Waals surface area (Å²) in [6, 6.07) is 4.08. The van der Waals surface area contributed by atoms with E-state index < -0.39 is 0 Å². The first-order valence-corrected chi connectivity index (χ1v) is 7.25. The average molecular weight is 257 g/mol. The van der Waals surface area contributed by atoms with Crippen LogP contribution in [0.25, 0.3) is 11.0 Å². The monoisotopic (exact) mass is 257 g/mol. The van der Waals surface area contributed by atoms with Crippen molar-refractivity contribution in [1.29, 1.82) is 0 Å². The van der Waals surface area contributed by atoms with Crippen molar-refractivity contribution >= 4 is 11.0 Å². The van der Waals surface area contributed by atoms with Crippen LogP contribution in [0, 0.1) is 5.92 Å². The summed E-state index contributed by atoms with van der Waals surface area (Å²) in [6.07, 6.45) is 6.90. The molecule has 19 heavy (non-hydrogen) atoms. The third-order valence-corrected chi connectivity index (χ3v) is 4.45. The van der Waals surface area contributed by atoms with Crippen LogP contribution in [0.15, 0.2) is 18.3 Å². The number of fused-ring (bicyclic) bond motifs is 3. The lowest BCUT2D eigenvalue weighted by Crippen LogP contribution is -2.38. The molecule has 4 rings (SSSR count). The fourth-order valence-electron chi connectivity index (χ4n) is 3.41. The Hall–Kier alpha value is -1.55.